The smallest absolute Gasteiger partial charge is 0.289 e. The van der Waals surface area contributed by atoms with Gasteiger partial charge in [0.25, 0.3) is 5.69 Å². The van der Waals surface area contributed by atoms with Crippen molar-refractivity contribution in [3.05, 3.63) is 33.9 Å². The number of aryl methyl sites for hydroxylation is 1. The molecule has 0 aromatic heterocycles. The summed E-state index contributed by atoms with van der Waals surface area (Å²) in [7, 11) is -3.82. The highest BCUT2D eigenvalue weighted by Crippen LogP contribution is 2.29. The Hall–Kier alpha value is -1.22. The van der Waals surface area contributed by atoms with Crippen LogP contribution in [0.4, 0.5) is 5.69 Å². The number of nitro groups is 1. The fraction of sp³-hybridized carbons (Fsp3) is 0.455. The van der Waals surface area contributed by atoms with Gasteiger partial charge in [0.2, 0.25) is 10.0 Å². The minimum atomic E-state index is -3.82. The summed E-state index contributed by atoms with van der Waals surface area (Å²) in [5, 5.41) is 14.1. The summed E-state index contributed by atoms with van der Waals surface area (Å²) in [6, 6.07) is 4.29. The number of piperazine rings is 1. The van der Waals surface area contributed by atoms with Crippen LogP contribution in [0.15, 0.2) is 23.1 Å². The molecule has 20 heavy (non-hydrogen) atoms. The molecule has 0 spiro atoms. The van der Waals surface area contributed by atoms with E-state index in [0.29, 0.717) is 31.7 Å². The summed E-state index contributed by atoms with van der Waals surface area (Å²) in [6.07, 6.45) is 0. The van der Waals surface area contributed by atoms with E-state index in [9.17, 15) is 18.5 Å². The maximum absolute atomic E-state index is 12.5. The number of nitro benzene ring substituents is 1. The molecule has 112 valence electrons. The first kappa shape index (κ1) is 16.8. The average Bonchev–Trinajstić information content (AvgIpc) is 2.39. The third-order valence-corrected chi connectivity index (χ3v) is 5.15. The molecule has 0 radical (unpaired) electrons. The van der Waals surface area contributed by atoms with Crippen LogP contribution >= 0.6 is 12.4 Å². The van der Waals surface area contributed by atoms with Gasteiger partial charge in [-0.1, -0.05) is 12.1 Å². The second-order valence-corrected chi connectivity index (χ2v) is 6.21. The molecule has 1 aromatic rings. The predicted octanol–water partition coefficient (Wildman–Crippen LogP) is 0.919. The van der Waals surface area contributed by atoms with Crippen molar-refractivity contribution >= 4 is 28.1 Å². The van der Waals surface area contributed by atoms with E-state index in [1.54, 1.807) is 13.0 Å². The van der Waals surface area contributed by atoms with Gasteiger partial charge < -0.3 is 5.32 Å². The predicted molar refractivity (Wildman–Crippen MR) is 76.7 cm³/mol. The van der Waals surface area contributed by atoms with Crippen LogP contribution in [-0.4, -0.2) is 43.8 Å². The van der Waals surface area contributed by atoms with E-state index in [1.807, 2.05) is 0 Å². The standard InChI is InChI=1S/C11H15N3O4S.ClH/c1-9-3-2-4-10(14(15)16)11(9)19(17,18)13-7-5-12-6-8-13;/h2-4,12H,5-8H2,1H3;1H. The molecule has 9 heteroatoms. The van der Waals surface area contributed by atoms with Crippen LogP contribution in [0, 0.1) is 17.0 Å². The van der Waals surface area contributed by atoms with Gasteiger partial charge in [-0.25, -0.2) is 8.42 Å². The van der Waals surface area contributed by atoms with Crippen molar-refractivity contribution in [2.75, 3.05) is 26.2 Å². The van der Waals surface area contributed by atoms with Gasteiger partial charge in [0.15, 0.2) is 4.90 Å². The van der Waals surface area contributed by atoms with Gasteiger partial charge in [-0.15, -0.1) is 12.4 Å². The lowest BCUT2D eigenvalue weighted by atomic mass is 10.2. The van der Waals surface area contributed by atoms with Gasteiger partial charge in [-0.2, -0.15) is 4.31 Å². The molecule has 1 saturated heterocycles. The third kappa shape index (κ3) is 3.09. The summed E-state index contributed by atoms with van der Waals surface area (Å²) in [4.78, 5) is 10.2. The van der Waals surface area contributed by atoms with Crippen molar-refractivity contribution in [1.29, 1.82) is 0 Å². The van der Waals surface area contributed by atoms with Crippen LogP contribution in [0.5, 0.6) is 0 Å². The molecule has 1 aromatic carbocycles. The SMILES string of the molecule is Cc1cccc([N+](=O)[O-])c1S(=O)(=O)N1CCNCC1.Cl. The lowest BCUT2D eigenvalue weighted by Crippen LogP contribution is -2.46. The summed E-state index contributed by atoms with van der Waals surface area (Å²) >= 11 is 0. The van der Waals surface area contributed by atoms with Gasteiger partial charge in [0.1, 0.15) is 0 Å². The number of hydrogen-bond donors (Lipinski definition) is 1. The Morgan fingerprint density at radius 3 is 2.45 bits per heavy atom. The number of benzene rings is 1. The van der Waals surface area contributed by atoms with Crippen molar-refractivity contribution in [1.82, 2.24) is 9.62 Å². The van der Waals surface area contributed by atoms with Crippen LogP contribution in [0.3, 0.4) is 0 Å². The van der Waals surface area contributed by atoms with Crippen LogP contribution < -0.4 is 5.32 Å². The Morgan fingerprint density at radius 2 is 1.90 bits per heavy atom. The van der Waals surface area contributed by atoms with Gasteiger partial charge in [-0.3, -0.25) is 10.1 Å². The molecule has 0 bridgehead atoms. The number of halogens is 1. The zero-order chi connectivity index (χ0) is 14.0. The Labute approximate surface area is 123 Å². The molecule has 1 aliphatic heterocycles. The number of sulfonamides is 1. The fourth-order valence-electron chi connectivity index (χ4n) is 2.13. The van der Waals surface area contributed by atoms with Crippen molar-refractivity contribution in [2.45, 2.75) is 11.8 Å². The molecule has 0 aliphatic carbocycles. The van der Waals surface area contributed by atoms with Crippen LogP contribution in [0.25, 0.3) is 0 Å². The van der Waals surface area contributed by atoms with Gasteiger partial charge in [-0.05, 0) is 12.5 Å². The molecule has 1 fully saturated rings. The van der Waals surface area contributed by atoms with E-state index in [2.05, 4.69) is 5.32 Å². The van der Waals surface area contributed by atoms with Crippen molar-refractivity contribution in [3.63, 3.8) is 0 Å². The van der Waals surface area contributed by atoms with E-state index < -0.39 is 14.9 Å². The van der Waals surface area contributed by atoms with E-state index in [4.69, 9.17) is 0 Å². The van der Waals surface area contributed by atoms with Crippen LogP contribution in [0.2, 0.25) is 0 Å². The first-order valence-electron chi connectivity index (χ1n) is 5.89. The minimum absolute atomic E-state index is 0. The highest BCUT2D eigenvalue weighted by atomic mass is 35.5. The third-order valence-electron chi connectivity index (χ3n) is 3.06. The van der Waals surface area contributed by atoms with Gasteiger partial charge in [0, 0.05) is 32.2 Å². The van der Waals surface area contributed by atoms with Crippen molar-refractivity contribution in [3.8, 4) is 0 Å². The normalized spacial score (nSPS) is 16.4. The second-order valence-electron chi connectivity index (χ2n) is 4.33. The zero-order valence-electron chi connectivity index (χ0n) is 10.9. The maximum Gasteiger partial charge on any atom is 0.289 e. The van der Waals surface area contributed by atoms with E-state index in [0.717, 1.165) is 0 Å². The lowest BCUT2D eigenvalue weighted by Gasteiger charge is -2.26. The van der Waals surface area contributed by atoms with Crippen LogP contribution in [0.1, 0.15) is 5.56 Å². The van der Waals surface area contributed by atoms with E-state index in [1.165, 1.54) is 16.4 Å². The Kier molecular flexibility index (Phi) is 5.46. The Bertz CT molecular complexity index is 600. The first-order valence-corrected chi connectivity index (χ1v) is 7.33. The second kappa shape index (κ2) is 6.49. The lowest BCUT2D eigenvalue weighted by molar-refractivity contribution is -0.387. The Morgan fingerprint density at radius 1 is 1.30 bits per heavy atom. The first-order chi connectivity index (χ1) is 8.94. The molecule has 1 aliphatic rings. The molecule has 0 atom stereocenters. The van der Waals surface area contributed by atoms with E-state index in [-0.39, 0.29) is 23.0 Å². The molecule has 0 saturated carbocycles. The monoisotopic (exact) mass is 321 g/mol. The summed E-state index contributed by atoms with van der Waals surface area (Å²) in [5.41, 5.74) is 0.0336. The highest BCUT2D eigenvalue weighted by molar-refractivity contribution is 7.89. The molecule has 0 unspecified atom stereocenters. The number of nitrogens with one attached hydrogen (secondary N) is 1. The molecule has 1 heterocycles. The molecule has 7 nitrogen and oxygen atoms in total. The van der Waals surface area contributed by atoms with Crippen LogP contribution in [-0.2, 0) is 10.0 Å². The topological polar surface area (TPSA) is 92.5 Å². The number of rotatable bonds is 3. The largest absolute Gasteiger partial charge is 0.314 e. The van der Waals surface area contributed by atoms with Gasteiger partial charge in [0.05, 0.1) is 4.92 Å². The van der Waals surface area contributed by atoms with Gasteiger partial charge >= 0.3 is 0 Å². The van der Waals surface area contributed by atoms with Crippen molar-refractivity contribution < 1.29 is 13.3 Å². The minimum Gasteiger partial charge on any atom is -0.314 e. The van der Waals surface area contributed by atoms with E-state index >= 15 is 0 Å². The average molecular weight is 322 g/mol. The molecule has 0 amide bonds. The Balaban J connectivity index is 0.00000200. The number of nitrogens with zero attached hydrogens (tertiary/aromatic N) is 2. The molecule has 1 N–H and O–H groups in total. The summed E-state index contributed by atoms with van der Waals surface area (Å²) in [6.45, 7) is 3.33. The number of hydrogen-bond acceptors (Lipinski definition) is 5. The molecule has 2 rings (SSSR count). The quantitative estimate of drug-likeness (QED) is 0.660. The highest BCUT2D eigenvalue weighted by Gasteiger charge is 2.33. The zero-order valence-corrected chi connectivity index (χ0v) is 12.5. The molecular weight excluding hydrogens is 306 g/mol. The fourth-order valence-corrected chi connectivity index (χ4v) is 3.93. The van der Waals surface area contributed by atoms with Crippen molar-refractivity contribution in [2.24, 2.45) is 0 Å². The summed E-state index contributed by atoms with van der Waals surface area (Å²) in [5.74, 6) is 0. The maximum atomic E-state index is 12.5. The summed E-state index contributed by atoms with van der Waals surface area (Å²) < 4.78 is 26.3. The molecular formula is C11H16ClN3O4S.